The van der Waals surface area contributed by atoms with Gasteiger partial charge in [0.1, 0.15) is 0 Å². The molecule has 0 fully saturated rings. The van der Waals surface area contributed by atoms with Crippen LogP contribution in [0.15, 0.2) is 0 Å². The quantitative estimate of drug-likeness (QED) is 0.239. The van der Waals surface area contributed by atoms with Crippen LogP contribution in [0.4, 0.5) is 0 Å². The Bertz CT molecular complexity index is 280. The van der Waals surface area contributed by atoms with Crippen molar-refractivity contribution in [3.05, 3.63) is 0 Å². The smallest absolute Gasteiger partial charge is 0.279 e. The molecule has 0 aliphatic carbocycles. The number of hydrogen-bond acceptors (Lipinski definition) is 6. The van der Waals surface area contributed by atoms with Crippen LogP contribution >= 0.6 is 0 Å². The highest BCUT2D eigenvalue weighted by Gasteiger charge is 2.31. The van der Waals surface area contributed by atoms with Crippen molar-refractivity contribution in [3.63, 3.8) is 0 Å². The van der Waals surface area contributed by atoms with E-state index in [4.69, 9.17) is 14.2 Å². The lowest BCUT2D eigenvalue weighted by Gasteiger charge is -2.34. The highest BCUT2D eigenvalue weighted by molar-refractivity contribution is 6.09. The van der Waals surface area contributed by atoms with Crippen molar-refractivity contribution in [1.29, 1.82) is 0 Å². The fourth-order valence-electron chi connectivity index (χ4n) is 3.04. The fourth-order valence-corrected chi connectivity index (χ4v) is 3.65. The Hall–Kier alpha value is -0.0231. The van der Waals surface area contributed by atoms with Crippen molar-refractivity contribution in [2.75, 3.05) is 78.7 Å². The van der Waals surface area contributed by atoms with Gasteiger partial charge in [-0.25, -0.2) is 0 Å². The van der Waals surface area contributed by atoms with E-state index in [9.17, 15) is 0 Å². The molecule has 0 aliphatic heterocycles. The second-order valence-corrected chi connectivity index (χ2v) is 7.37. The molecule has 164 valence electrons. The van der Waals surface area contributed by atoms with Crippen LogP contribution in [0.25, 0.3) is 0 Å². The summed E-state index contributed by atoms with van der Waals surface area (Å²) in [5, 5.41) is 0. The zero-order valence-electron chi connectivity index (χ0n) is 19.3. The summed E-state index contributed by atoms with van der Waals surface area (Å²) < 4.78 is 18.7. The lowest BCUT2D eigenvalue weighted by molar-refractivity contribution is -0.370. The van der Waals surface area contributed by atoms with Gasteiger partial charge >= 0.3 is 0 Å². The van der Waals surface area contributed by atoms with Crippen molar-refractivity contribution in [2.24, 2.45) is 0 Å². The lowest BCUT2D eigenvalue weighted by atomic mass is 10.4. The SMILES string of the molecule is CCN(CC)CCOC(C[SiH3])(OCCN(CC)CC)OCCN(CC)CC. The summed E-state index contributed by atoms with van der Waals surface area (Å²) in [5.41, 5.74) is 0. The standard InChI is InChI=1S/C20H47N3O3Si/c1-7-21(8-2)13-16-24-20(19-27,25-17-14-22(9-3)10-4)26-18-15-23(11-5)12-6/h7-19H2,1-6,27H3. The molecule has 0 rings (SSSR count). The van der Waals surface area contributed by atoms with E-state index in [0.29, 0.717) is 19.8 Å². The number of ether oxygens (including phenoxy) is 3. The van der Waals surface area contributed by atoms with Crippen molar-refractivity contribution in [1.82, 2.24) is 14.7 Å². The third-order valence-electron chi connectivity index (χ3n) is 5.30. The number of nitrogens with zero attached hydrogens (tertiary/aromatic N) is 3. The topological polar surface area (TPSA) is 37.4 Å². The second-order valence-electron chi connectivity index (χ2n) is 6.66. The van der Waals surface area contributed by atoms with Crippen LogP contribution in [-0.2, 0) is 14.2 Å². The third kappa shape index (κ3) is 11.5. The van der Waals surface area contributed by atoms with Gasteiger partial charge in [-0.2, -0.15) is 0 Å². The van der Waals surface area contributed by atoms with Gasteiger partial charge in [-0.05, 0) is 39.3 Å². The largest absolute Gasteiger partial charge is 0.326 e. The van der Waals surface area contributed by atoms with E-state index in [1.165, 1.54) is 0 Å². The van der Waals surface area contributed by atoms with E-state index in [1.807, 2.05) is 0 Å². The van der Waals surface area contributed by atoms with Gasteiger partial charge in [-0.3, -0.25) is 0 Å². The van der Waals surface area contributed by atoms with E-state index in [0.717, 1.165) is 75.2 Å². The molecule has 0 unspecified atom stereocenters. The van der Waals surface area contributed by atoms with E-state index >= 15 is 0 Å². The van der Waals surface area contributed by atoms with Crippen LogP contribution < -0.4 is 0 Å². The zero-order chi connectivity index (χ0) is 20.5. The van der Waals surface area contributed by atoms with Gasteiger partial charge < -0.3 is 28.9 Å². The summed E-state index contributed by atoms with van der Waals surface area (Å²) in [4.78, 5) is 7.09. The maximum atomic E-state index is 6.22. The van der Waals surface area contributed by atoms with Gasteiger partial charge in [-0.1, -0.05) is 41.5 Å². The zero-order valence-corrected chi connectivity index (χ0v) is 21.3. The van der Waals surface area contributed by atoms with Gasteiger partial charge in [0.05, 0.1) is 19.8 Å². The van der Waals surface area contributed by atoms with Crippen molar-refractivity contribution in [2.45, 2.75) is 53.6 Å². The predicted molar refractivity (Wildman–Crippen MR) is 119 cm³/mol. The molecule has 6 nitrogen and oxygen atoms in total. The average molecular weight is 406 g/mol. The van der Waals surface area contributed by atoms with Gasteiger partial charge in [-0.15, -0.1) is 0 Å². The van der Waals surface area contributed by atoms with Gasteiger partial charge in [0, 0.05) is 35.9 Å². The molecule has 27 heavy (non-hydrogen) atoms. The molecule has 0 saturated heterocycles. The monoisotopic (exact) mass is 405 g/mol. The summed E-state index contributed by atoms with van der Waals surface area (Å²) >= 11 is 0. The summed E-state index contributed by atoms with van der Waals surface area (Å²) in [7, 11) is 0.975. The van der Waals surface area contributed by atoms with Crippen molar-refractivity contribution in [3.8, 4) is 0 Å². The molecule has 0 radical (unpaired) electrons. The van der Waals surface area contributed by atoms with Crippen LogP contribution in [0, 0.1) is 0 Å². The van der Waals surface area contributed by atoms with Crippen LogP contribution in [-0.4, -0.2) is 110 Å². The molecular formula is C20H47N3O3Si. The Morgan fingerprint density at radius 2 is 0.815 bits per heavy atom. The minimum Gasteiger partial charge on any atom is -0.326 e. The first-order chi connectivity index (χ1) is 13.0. The Balaban J connectivity index is 4.74. The maximum absolute atomic E-state index is 6.22. The molecule has 0 saturated carbocycles. The fraction of sp³-hybridized carbons (Fsp3) is 1.00. The lowest BCUT2D eigenvalue weighted by Crippen LogP contribution is -2.44. The molecule has 0 aromatic carbocycles. The Morgan fingerprint density at radius 1 is 0.556 bits per heavy atom. The molecule has 0 aliphatic rings. The summed E-state index contributed by atoms with van der Waals surface area (Å²) in [6, 6.07) is 0.821. The third-order valence-corrected chi connectivity index (χ3v) is 6.17. The predicted octanol–water partition coefficient (Wildman–Crippen LogP) is 1.50. The van der Waals surface area contributed by atoms with Gasteiger partial charge in [0.2, 0.25) is 0 Å². The highest BCUT2D eigenvalue weighted by atomic mass is 28.1. The average Bonchev–Trinajstić information content (AvgIpc) is 2.71. The van der Waals surface area contributed by atoms with Crippen LogP contribution in [0.1, 0.15) is 41.5 Å². The molecule has 0 aromatic rings. The molecule has 0 N–H and O–H groups in total. The summed E-state index contributed by atoms with van der Waals surface area (Å²) in [5.74, 6) is -0.875. The first-order valence-electron chi connectivity index (χ1n) is 11.1. The summed E-state index contributed by atoms with van der Waals surface area (Å²) in [6.45, 7) is 24.0. The number of rotatable bonds is 19. The molecule has 7 heteroatoms. The van der Waals surface area contributed by atoms with Crippen LogP contribution in [0.3, 0.4) is 0 Å². The molecule has 0 atom stereocenters. The van der Waals surface area contributed by atoms with E-state index < -0.39 is 5.97 Å². The van der Waals surface area contributed by atoms with Crippen molar-refractivity contribution < 1.29 is 14.2 Å². The van der Waals surface area contributed by atoms with E-state index in [1.54, 1.807) is 0 Å². The highest BCUT2D eigenvalue weighted by Crippen LogP contribution is 2.20. The molecule has 0 bridgehead atoms. The molecule has 0 heterocycles. The first kappa shape index (κ1) is 27.0. The molecule has 0 aromatic heterocycles. The molecule has 0 amide bonds. The normalized spacial score (nSPS) is 12.8. The van der Waals surface area contributed by atoms with E-state index in [2.05, 4.69) is 56.2 Å². The van der Waals surface area contributed by atoms with Crippen molar-refractivity contribution >= 4 is 10.2 Å². The Morgan fingerprint density at radius 3 is 1.00 bits per heavy atom. The van der Waals surface area contributed by atoms with E-state index in [-0.39, 0.29) is 0 Å². The van der Waals surface area contributed by atoms with Gasteiger partial charge in [0.25, 0.3) is 5.97 Å². The second kappa shape index (κ2) is 16.9. The number of likely N-dealkylation sites (N-methyl/N-ethyl adjacent to an activating group) is 3. The molecule has 0 spiro atoms. The Labute approximate surface area is 171 Å². The Kier molecular flexibility index (Phi) is 16.9. The first-order valence-corrected chi connectivity index (χ1v) is 12.5. The van der Waals surface area contributed by atoms with Crippen LogP contribution in [0.2, 0.25) is 6.04 Å². The number of hydrogen-bond donors (Lipinski definition) is 0. The molecular weight excluding hydrogens is 358 g/mol. The minimum atomic E-state index is -0.875. The minimum absolute atomic E-state index is 0.639. The maximum Gasteiger partial charge on any atom is 0.279 e. The summed E-state index contributed by atoms with van der Waals surface area (Å²) in [6.07, 6.45) is 0. The van der Waals surface area contributed by atoms with Crippen LogP contribution in [0.5, 0.6) is 0 Å². The van der Waals surface area contributed by atoms with Gasteiger partial charge in [0.15, 0.2) is 0 Å².